The predicted octanol–water partition coefficient (Wildman–Crippen LogP) is 4.44. The average Bonchev–Trinajstić information content (AvgIpc) is 2.48. The SMILES string of the molecule is CNC(CCN(C)c1cccc(C)c1)c1cccc(Cl)c1. The zero-order valence-electron chi connectivity index (χ0n) is 12.9. The highest BCUT2D eigenvalue weighted by atomic mass is 35.5. The van der Waals surface area contributed by atoms with Crippen LogP contribution >= 0.6 is 11.6 Å². The lowest BCUT2D eigenvalue weighted by Crippen LogP contribution is -2.25. The quantitative estimate of drug-likeness (QED) is 0.849. The minimum Gasteiger partial charge on any atom is -0.375 e. The van der Waals surface area contributed by atoms with E-state index in [4.69, 9.17) is 11.6 Å². The number of benzene rings is 2. The zero-order chi connectivity index (χ0) is 15.2. The molecule has 0 saturated heterocycles. The summed E-state index contributed by atoms with van der Waals surface area (Å²) < 4.78 is 0. The molecule has 0 aromatic heterocycles. The lowest BCUT2D eigenvalue weighted by molar-refractivity contribution is 0.549. The highest BCUT2D eigenvalue weighted by molar-refractivity contribution is 6.30. The lowest BCUT2D eigenvalue weighted by Gasteiger charge is -2.24. The molecule has 2 nitrogen and oxygen atoms in total. The number of hydrogen-bond acceptors (Lipinski definition) is 2. The van der Waals surface area contributed by atoms with Crippen LogP contribution in [0.5, 0.6) is 0 Å². The molecule has 0 fully saturated rings. The van der Waals surface area contributed by atoms with Crippen LogP contribution in [0.4, 0.5) is 5.69 Å². The van der Waals surface area contributed by atoms with E-state index in [1.54, 1.807) is 0 Å². The largest absolute Gasteiger partial charge is 0.375 e. The van der Waals surface area contributed by atoms with Gasteiger partial charge in [0.05, 0.1) is 0 Å². The Hall–Kier alpha value is -1.51. The van der Waals surface area contributed by atoms with Crippen molar-refractivity contribution in [2.75, 3.05) is 25.5 Å². The van der Waals surface area contributed by atoms with Gasteiger partial charge in [0.15, 0.2) is 0 Å². The smallest absolute Gasteiger partial charge is 0.0409 e. The number of hydrogen-bond donors (Lipinski definition) is 1. The maximum absolute atomic E-state index is 6.08. The van der Waals surface area contributed by atoms with E-state index in [9.17, 15) is 0 Å². The molecule has 0 heterocycles. The second-order valence-corrected chi connectivity index (χ2v) is 5.88. The van der Waals surface area contributed by atoms with Crippen LogP contribution in [0.2, 0.25) is 5.02 Å². The lowest BCUT2D eigenvalue weighted by atomic mass is 10.0. The van der Waals surface area contributed by atoms with Crippen molar-refractivity contribution in [1.29, 1.82) is 0 Å². The fourth-order valence-corrected chi connectivity index (χ4v) is 2.72. The molecule has 0 radical (unpaired) electrons. The van der Waals surface area contributed by atoms with Crippen molar-refractivity contribution in [2.45, 2.75) is 19.4 Å². The fraction of sp³-hybridized carbons (Fsp3) is 0.333. The highest BCUT2D eigenvalue weighted by Gasteiger charge is 2.11. The Kier molecular flexibility index (Phi) is 5.66. The summed E-state index contributed by atoms with van der Waals surface area (Å²) >= 11 is 6.08. The summed E-state index contributed by atoms with van der Waals surface area (Å²) in [6.07, 6.45) is 1.03. The van der Waals surface area contributed by atoms with Gasteiger partial charge in [-0.1, -0.05) is 35.9 Å². The van der Waals surface area contributed by atoms with E-state index < -0.39 is 0 Å². The molecule has 0 aliphatic rings. The van der Waals surface area contributed by atoms with Gasteiger partial charge in [0.2, 0.25) is 0 Å². The summed E-state index contributed by atoms with van der Waals surface area (Å²) in [5.74, 6) is 0. The van der Waals surface area contributed by atoms with Crippen molar-refractivity contribution in [3.05, 3.63) is 64.7 Å². The Morgan fingerprint density at radius 1 is 1.14 bits per heavy atom. The Morgan fingerprint density at radius 2 is 1.90 bits per heavy atom. The van der Waals surface area contributed by atoms with E-state index in [2.05, 4.69) is 54.5 Å². The van der Waals surface area contributed by atoms with E-state index in [1.807, 2.05) is 25.2 Å². The van der Waals surface area contributed by atoms with Crippen molar-refractivity contribution < 1.29 is 0 Å². The molecule has 21 heavy (non-hydrogen) atoms. The summed E-state index contributed by atoms with van der Waals surface area (Å²) in [6, 6.07) is 17.0. The van der Waals surface area contributed by atoms with Gasteiger partial charge in [0, 0.05) is 30.3 Å². The van der Waals surface area contributed by atoms with Crippen LogP contribution in [0.3, 0.4) is 0 Å². The van der Waals surface area contributed by atoms with Gasteiger partial charge < -0.3 is 10.2 Å². The van der Waals surface area contributed by atoms with E-state index in [0.29, 0.717) is 6.04 Å². The number of halogens is 1. The minimum absolute atomic E-state index is 0.316. The first-order valence-corrected chi connectivity index (χ1v) is 7.68. The van der Waals surface area contributed by atoms with Gasteiger partial charge in [-0.3, -0.25) is 0 Å². The first-order chi connectivity index (χ1) is 10.1. The molecule has 1 atom stereocenters. The Labute approximate surface area is 132 Å². The molecule has 0 aliphatic carbocycles. The van der Waals surface area contributed by atoms with Gasteiger partial charge in [0.1, 0.15) is 0 Å². The Balaban J connectivity index is 2.00. The van der Waals surface area contributed by atoms with Crippen molar-refractivity contribution in [1.82, 2.24) is 5.32 Å². The van der Waals surface area contributed by atoms with Gasteiger partial charge >= 0.3 is 0 Å². The summed E-state index contributed by atoms with van der Waals surface area (Å²) in [5, 5.41) is 4.17. The van der Waals surface area contributed by atoms with E-state index in [-0.39, 0.29) is 0 Å². The number of nitrogens with zero attached hydrogens (tertiary/aromatic N) is 1. The third-order valence-electron chi connectivity index (χ3n) is 3.80. The summed E-state index contributed by atoms with van der Waals surface area (Å²) in [7, 11) is 4.14. The van der Waals surface area contributed by atoms with Gasteiger partial charge in [-0.2, -0.15) is 0 Å². The number of rotatable bonds is 6. The second kappa shape index (κ2) is 7.48. The molecule has 0 amide bonds. The topological polar surface area (TPSA) is 15.3 Å². The van der Waals surface area contributed by atoms with E-state index in [1.165, 1.54) is 16.8 Å². The average molecular weight is 303 g/mol. The van der Waals surface area contributed by atoms with Crippen molar-refractivity contribution >= 4 is 17.3 Å². The standard InChI is InChI=1S/C18H23ClN2/c1-14-6-4-9-17(12-14)21(3)11-10-18(20-2)15-7-5-8-16(19)13-15/h4-9,12-13,18,20H,10-11H2,1-3H3. The molecule has 3 heteroatoms. The number of anilines is 1. The minimum atomic E-state index is 0.316. The summed E-state index contributed by atoms with van der Waals surface area (Å²) in [6.45, 7) is 3.11. The molecule has 2 rings (SSSR count). The van der Waals surface area contributed by atoms with Crippen LogP contribution < -0.4 is 10.2 Å². The van der Waals surface area contributed by atoms with Crippen molar-refractivity contribution in [2.24, 2.45) is 0 Å². The van der Waals surface area contributed by atoms with Gasteiger partial charge in [-0.25, -0.2) is 0 Å². The van der Waals surface area contributed by atoms with Crippen LogP contribution in [-0.4, -0.2) is 20.6 Å². The zero-order valence-corrected chi connectivity index (χ0v) is 13.7. The van der Waals surface area contributed by atoms with Crippen LogP contribution in [0.1, 0.15) is 23.6 Å². The summed E-state index contributed by atoms with van der Waals surface area (Å²) in [5.41, 5.74) is 3.79. The molecule has 1 N–H and O–H groups in total. The van der Waals surface area contributed by atoms with Crippen LogP contribution in [-0.2, 0) is 0 Å². The number of nitrogens with one attached hydrogen (secondary N) is 1. The molecule has 1 unspecified atom stereocenters. The first kappa shape index (κ1) is 15.9. The molecule has 0 spiro atoms. The molecule has 0 aliphatic heterocycles. The normalized spacial score (nSPS) is 12.2. The fourth-order valence-electron chi connectivity index (χ4n) is 2.52. The van der Waals surface area contributed by atoms with Crippen LogP contribution in [0.25, 0.3) is 0 Å². The first-order valence-electron chi connectivity index (χ1n) is 7.30. The van der Waals surface area contributed by atoms with Crippen molar-refractivity contribution in [3.8, 4) is 0 Å². The van der Waals surface area contributed by atoms with Crippen LogP contribution in [0.15, 0.2) is 48.5 Å². The Morgan fingerprint density at radius 3 is 2.57 bits per heavy atom. The van der Waals surface area contributed by atoms with E-state index >= 15 is 0 Å². The molecule has 112 valence electrons. The maximum atomic E-state index is 6.08. The highest BCUT2D eigenvalue weighted by Crippen LogP contribution is 2.22. The van der Waals surface area contributed by atoms with Gasteiger partial charge in [0.25, 0.3) is 0 Å². The maximum Gasteiger partial charge on any atom is 0.0409 e. The predicted molar refractivity (Wildman–Crippen MR) is 92.3 cm³/mol. The number of aryl methyl sites for hydroxylation is 1. The monoisotopic (exact) mass is 302 g/mol. The van der Waals surface area contributed by atoms with E-state index in [0.717, 1.165) is 18.0 Å². The molecular formula is C18H23ClN2. The molecule has 0 saturated carbocycles. The molecule has 2 aromatic carbocycles. The van der Waals surface area contributed by atoms with Crippen LogP contribution in [0, 0.1) is 6.92 Å². The molecule has 2 aromatic rings. The third kappa shape index (κ3) is 4.48. The third-order valence-corrected chi connectivity index (χ3v) is 4.03. The van der Waals surface area contributed by atoms with Crippen molar-refractivity contribution in [3.63, 3.8) is 0 Å². The molecule has 0 bridgehead atoms. The van der Waals surface area contributed by atoms with Gasteiger partial charge in [-0.05, 0) is 55.8 Å². The van der Waals surface area contributed by atoms with Gasteiger partial charge in [-0.15, -0.1) is 0 Å². The Bertz CT molecular complexity index is 583. The molecular weight excluding hydrogens is 280 g/mol. The summed E-state index contributed by atoms with van der Waals surface area (Å²) in [4.78, 5) is 2.29. The second-order valence-electron chi connectivity index (χ2n) is 5.45.